The molecule has 1 aromatic carbocycles. The smallest absolute Gasteiger partial charge is 0.222 e. The highest BCUT2D eigenvalue weighted by molar-refractivity contribution is 5.79. The van der Waals surface area contributed by atoms with Crippen molar-refractivity contribution >= 4 is 11.9 Å². The summed E-state index contributed by atoms with van der Waals surface area (Å²) in [5, 5.41) is 6.82. The second-order valence-corrected chi connectivity index (χ2v) is 7.97. The number of hydrogen-bond acceptors (Lipinski definition) is 3. The lowest BCUT2D eigenvalue weighted by Crippen LogP contribution is -2.45. The van der Waals surface area contributed by atoms with Gasteiger partial charge in [0.1, 0.15) is 0 Å². The predicted molar refractivity (Wildman–Crippen MR) is 116 cm³/mol. The Bertz CT molecular complexity index is 648. The molecule has 0 spiro atoms. The van der Waals surface area contributed by atoms with E-state index in [0.29, 0.717) is 31.6 Å². The highest BCUT2D eigenvalue weighted by Gasteiger charge is 2.20. The number of guanidine groups is 1. The minimum absolute atomic E-state index is 0.264. The van der Waals surface area contributed by atoms with Gasteiger partial charge >= 0.3 is 0 Å². The molecule has 0 atom stereocenters. The minimum Gasteiger partial charge on any atom is -0.355 e. The van der Waals surface area contributed by atoms with Gasteiger partial charge in [0.25, 0.3) is 0 Å². The number of rotatable bonds is 9. The average molecular weight is 388 g/mol. The predicted octanol–water partition coefficient (Wildman–Crippen LogP) is 2.59. The van der Waals surface area contributed by atoms with Crippen LogP contribution in [0.3, 0.4) is 0 Å². The molecule has 0 saturated carbocycles. The SMILES string of the molecule is CN=C(NCCN(C(C)C)C(C)C)NCc1ccccc1CN1CCCC1=O. The molecular formula is C22H37N5O. The van der Waals surface area contributed by atoms with Crippen LogP contribution >= 0.6 is 0 Å². The maximum absolute atomic E-state index is 11.9. The topological polar surface area (TPSA) is 60.0 Å². The Balaban J connectivity index is 1.87. The molecule has 1 saturated heterocycles. The van der Waals surface area contributed by atoms with Crippen molar-refractivity contribution in [2.24, 2.45) is 4.99 Å². The zero-order valence-corrected chi connectivity index (χ0v) is 18.2. The lowest BCUT2D eigenvalue weighted by molar-refractivity contribution is -0.128. The number of amides is 1. The molecule has 0 unspecified atom stereocenters. The van der Waals surface area contributed by atoms with Crippen LogP contribution in [0.1, 0.15) is 51.7 Å². The summed E-state index contributed by atoms with van der Waals surface area (Å²) in [4.78, 5) is 20.7. The van der Waals surface area contributed by atoms with Crippen molar-refractivity contribution < 1.29 is 4.79 Å². The van der Waals surface area contributed by atoms with Crippen molar-refractivity contribution in [2.45, 2.75) is 65.7 Å². The largest absolute Gasteiger partial charge is 0.355 e. The van der Waals surface area contributed by atoms with Gasteiger partial charge in [-0.05, 0) is 45.2 Å². The van der Waals surface area contributed by atoms with Crippen LogP contribution < -0.4 is 10.6 Å². The number of carbonyl (C=O) groups is 1. The van der Waals surface area contributed by atoms with E-state index < -0.39 is 0 Å². The zero-order chi connectivity index (χ0) is 20.5. The normalized spacial score (nSPS) is 15.2. The molecule has 1 amide bonds. The van der Waals surface area contributed by atoms with E-state index in [4.69, 9.17) is 0 Å². The first kappa shape index (κ1) is 22.2. The van der Waals surface area contributed by atoms with Gasteiger partial charge in [-0.3, -0.25) is 14.7 Å². The fourth-order valence-corrected chi connectivity index (χ4v) is 3.78. The first-order valence-electron chi connectivity index (χ1n) is 10.5. The molecule has 6 nitrogen and oxygen atoms in total. The third kappa shape index (κ3) is 6.51. The molecule has 1 heterocycles. The number of nitrogens with zero attached hydrogens (tertiary/aromatic N) is 3. The highest BCUT2D eigenvalue weighted by atomic mass is 16.2. The monoisotopic (exact) mass is 387 g/mol. The van der Waals surface area contributed by atoms with Crippen molar-refractivity contribution in [3.05, 3.63) is 35.4 Å². The molecule has 0 radical (unpaired) electrons. The van der Waals surface area contributed by atoms with Crippen LogP contribution in [-0.2, 0) is 17.9 Å². The number of hydrogen-bond donors (Lipinski definition) is 2. The van der Waals surface area contributed by atoms with Gasteiger partial charge < -0.3 is 15.5 Å². The first-order valence-corrected chi connectivity index (χ1v) is 10.5. The van der Waals surface area contributed by atoms with Gasteiger partial charge in [0.15, 0.2) is 5.96 Å². The fraction of sp³-hybridized carbons (Fsp3) is 0.636. The Morgan fingerprint density at radius 2 is 1.82 bits per heavy atom. The van der Waals surface area contributed by atoms with Crippen LogP contribution in [0.15, 0.2) is 29.3 Å². The summed E-state index contributed by atoms with van der Waals surface area (Å²) < 4.78 is 0. The van der Waals surface area contributed by atoms with Gasteiger partial charge in [-0.15, -0.1) is 0 Å². The Hall–Kier alpha value is -2.08. The Kier molecular flexibility index (Phi) is 8.77. The molecular weight excluding hydrogens is 350 g/mol. The molecule has 0 aliphatic carbocycles. The van der Waals surface area contributed by atoms with Crippen LogP contribution in [0, 0.1) is 0 Å². The molecule has 6 heteroatoms. The van der Waals surface area contributed by atoms with Crippen LogP contribution in [0.25, 0.3) is 0 Å². The van der Waals surface area contributed by atoms with E-state index in [9.17, 15) is 4.79 Å². The summed E-state index contributed by atoms with van der Waals surface area (Å²) in [6.45, 7) is 13.0. The Labute approximate surface area is 170 Å². The van der Waals surface area contributed by atoms with E-state index in [1.807, 2.05) is 17.0 Å². The third-order valence-electron chi connectivity index (χ3n) is 5.31. The van der Waals surface area contributed by atoms with Gasteiger partial charge in [0.2, 0.25) is 5.91 Å². The maximum Gasteiger partial charge on any atom is 0.222 e. The first-order chi connectivity index (χ1) is 13.4. The molecule has 2 rings (SSSR count). The third-order valence-corrected chi connectivity index (χ3v) is 5.31. The van der Waals surface area contributed by atoms with Gasteiger partial charge in [-0.1, -0.05) is 24.3 Å². The van der Waals surface area contributed by atoms with E-state index in [1.165, 1.54) is 11.1 Å². The fourth-order valence-electron chi connectivity index (χ4n) is 3.78. The van der Waals surface area contributed by atoms with E-state index in [-0.39, 0.29) is 5.91 Å². The molecule has 28 heavy (non-hydrogen) atoms. The second kappa shape index (κ2) is 11.1. The number of nitrogens with one attached hydrogen (secondary N) is 2. The number of carbonyl (C=O) groups excluding carboxylic acids is 1. The summed E-state index contributed by atoms with van der Waals surface area (Å²) in [5.74, 6) is 1.07. The van der Waals surface area contributed by atoms with Crippen molar-refractivity contribution in [2.75, 3.05) is 26.7 Å². The summed E-state index contributed by atoms with van der Waals surface area (Å²) >= 11 is 0. The van der Waals surface area contributed by atoms with Gasteiger partial charge in [-0.2, -0.15) is 0 Å². The zero-order valence-electron chi connectivity index (χ0n) is 18.2. The molecule has 1 aliphatic heterocycles. The van der Waals surface area contributed by atoms with Crippen LogP contribution in [0.4, 0.5) is 0 Å². The van der Waals surface area contributed by atoms with Crippen LogP contribution in [0.2, 0.25) is 0 Å². The molecule has 156 valence electrons. The summed E-state index contributed by atoms with van der Waals surface area (Å²) in [6, 6.07) is 9.37. The molecule has 2 N–H and O–H groups in total. The maximum atomic E-state index is 11.9. The number of likely N-dealkylation sites (tertiary alicyclic amines) is 1. The van der Waals surface area contributed by atoms with Gasteiger partial charge in [0, 0.05) is 58.3 Å². The summed E-state index contributed by atoms with van der Waals surface area (Å²) in [7, 11) is 1.80. The minimum atomic E-state index is 0.264. The standard InChI is InChI=1S/C22H37N5O/c1-17(2)27(18(3)4)14-12-24-22(23-5)25-15-19-9-6-7-10-20(19)16-26-13-8-11-21(26)28/h6-7,9-10,17-18H,8,11-16H2,1-5H3,(H2,23,24,25). The van der Waals surface area contributed by atoms with Gasteiger partial charge in [0.05, 0.1) is 0 Å². The van der Waals surface area contributed by atoms with Crippen molar-refractivity contribution in [3.8, 4) is 0 Å². The molecule has 0 bridgehead atoms. The molecule has 1 fully saturated rings. The van der Waals surface area contributed by atoms with E-state index in [0.717, 1.165) is 32.0 Å². The number of aliphatic imine (C=N–C) groups is 1. The van der Waals surface area contributed by atoms with Crippen LogP contribution in [-0.4, -0.2) is 60.4 Å². The molecule has 0 aromatic heterocycles. The van der Waals surface area contributed by atoms with Gasteiger partial charge in [-0.25, -0.2) is 0 Å². The quantitative estimate of drug-likeness (QED) is 0.505. The Morgan fingerprint density at radius 1 is 1.14 bits per heavy atom. The van der Waals surface area contributed by atoms with Crippen LogP contribution in [0.5, 0.6) is 0 Å². The van der Waals surface area contributed by atoms with E-state index in [2.05, 4.69) is 60.4 Å². The highest BCUT2D eigenvalue weighted by Crippen LogP contribution is 2.17. The summed E-state index contributed by atoms with van der Waals surface area (Å²) in [6.07, 6.45) is 1.65. The lowest BCUT2D eigenvalue weighted by Gasteiger charge is -2.30. The number of benzene rings is 1. The van der Waals surface area contributed by atoms with Crippen molar-refractivity contribution in [1.29, 1.82) is 0 Å². The Morgan fingerprint density at radius 3 is 2.39 bits per heavy atom. The molecule has 1 aromatic rings. The second-order valence-electron chi connectivity index (χ2n) is 7.97. The average Bonchev–Trinajstić information content (AvgIpc) is 3.06. The lowest BCUT2D eigenvalue weighted by atomic mass is 10.1. The van der Waals surface area contributed by atoms with Crippen molar-refractivity contribution in [3.63, 3.8) is 0 Å². The van der Waals surface area contributed by atoms with Crippen molar-refractivity contribution in [1.82, 2.24) is 20.4 Å². The van der Waals surface area contributed by atoms with E-state index >= 15 is 0 Å². The van der Waals surface area contributed by atoms with E-state index in [1.54, 1.807) is 7.05 Å². The molecule has 1 aliphatic rings. The summed E-state index contributed by atoms with van der Waals surface area (Å²) in [5.41, 5.74) is 2.41.